The third kappa shape index (κ3) is 6.01. The van der Waals surface area contributed by atoms with Gasteiger partial charge >= 0.3 is 0 Å². The van der Waals surface area contributed by atoms with Gasteiger partial charge < -0.3 is 14.8 Å². The molecule has 1 heterocycles. The van der Waals surface area contributed by atoms with Gasteiger partial charge in [0.05, 0.1) is 35.2 Å². The number of sulfonamides is 1. The number of ether oxygens (including phenoxy) is 2. The van der Waals surface area contributed by atoms with Crippen molar-refractivity contribution in [3.8, 4) is 5.75 Å². The van der Waals surface area contributed by atoms with Crippen LogP contribution in [-0.4, -0.2) is 58.1 Å². The number of amides is 1. The number of rotatable bonds is 7. The Bertz CT molecular complexity index is 1040. The summed E-state index contributed by atoms with van der Waals surface area (Å²) in [6.07, 6.45) is 0. The molecular formula is C23H29ClN2O5S. The summed E-state index contributed by atoms with van der Waals surface area (Å²) in [5.41, 5.74) is 1.38. The van der Waals surface area contributed by atoms with Gasteiger partial charge in [0.2, 0.25) is 10.0 Å². The van der Waals surface area contributed by atoms with E-state index in [-0.39, 0.29) is 47.1 Å². The number of benzene rings is 2. The number of morpholine rings is 1. The molecule has 0 aliphatic carbocycles. The monoisotopic (exact) mass is 480 g/mol. The summed E-state index contributed by atoms with van der Waals surface area (Å²) in [4.78, 5) is 12.6. The van der Waals surface area contributed by atoms with Crippen LogP contribution in [-0.2, 0) is 20.2 Å². The van der Waals surface area contributed by atoms with Crippen molar-refractivity contribution in [3.63, 3.8) is 0 Å². The van der Waals surface area contributed by atoms with Gasteiger partial charge in [-0.1, -0.05) is 44.5 Å². The Morgan fingerprint density at radius 1 is 1.12 bits per heavy atom. The van der Waals surface area contributed by atoms with E-state index in [9.17, 15) is 13.2 Å². The number of hydrogen-bond donors (Lipinski definition) is 1. The maximum atomic E-state index is 12.9. The zero-order valence-electron chi connectivity index (χ0n) is 18.6. The van der Waals surface area contributed by atoms with Crippen LogP contribution < -0.4 is 10.1 Å². The van der Waals surface area contributed by atoms with E-state index < -0.39 is 15.9 Å². The minimum absolute atomic E-state index is 0.0316. The Morgan fingerprint density at radius 2 is 1.78 bits per heavy atom. The molecule has 0 aromatic heterocycles. The van der Waals surface area contributed by atoms with Crippen molar-refractivity contribution >= 4 is 27.5 Å². The van der Waals surface area contributed by atoms with E-state index in [1.54, 1.807) is 0 Å². The zero-order valence-corrected chi connectivity index (χ0v) is 20.1. The second kappa shape index (κ2) is 10.2. The lowest BCUT2D eigenvalue weighted by molar-refractivity contribution is 0.0730. The number of carbonyl (C=O) groups excluding carboxylic acids is 1. The molecule has 0 unspecified atom stereocenters. The Hall–Kier alpha value is -2.13. The highest BCUT2D eigenvalue weighted by Crippen LogP contribution is 2.25. The molecule has 0 saturated carbocycles. The standard InChI is InChI=1S/C23H29ClN2O5S/c1-23(2,3)17-4-6-18(7-5-17)31-13-10-25-22(27)20-16-19(8-9-21(20)24)32(28,29)26-11-14-30-15-12-26/h4-9,16H,10-15H2,1-3H3,(H,25,27). The van der Waals surface area contributed by atoms with E-state index in [4.69, 9.17) is 21.1 Å². The Kier molecular flexibility index (Phi) is 7.82. The minimum atomic E-state index is -3.72. The Labute approximate surface area is 194 Å². The molecule has 0 spiro atoms. The summed E-state index contributed by atoms with van der Waals surface area (Å²) < 4.78 is 38.0. The number of nitrogens with zero attached hydrogens (tertiary/aromatic N) is 1. The average Bonchev–Trinajstić information content (AvgIpc) is 2.77. The van der Waals surface area contributed by atoms with E-state index in [2.05, 4.69) is 26.1 Å². The van der Waals surface area contributed by atoms with Crippen molar-refractivity contribution in [1.82, 2.24) is 9.62 Å². The maximum absolute atomic E-state index is 12.9. The molecule has 0 bridgehead atoms. The van der Waals surface area contributed by atoms with Crippen LogP contribution in [0, 0.1) is 0 Å². The molecule has 7 nitrogen and oxygen atoms in total. The number of nitrogens with one attached hydrogen (secondary N) is 1. The van der Waals surface area contributed by atoms with Gasteiger partial charge in [0.25, 0.3) is 5.91 Å². The largest absolute Gasteiger partial charge is 0.492 e. The van der Waals surface area contributed by atoms with E-state index in [1.165, 1.54) is 28.1 Å². The first-order valence-corrected chi connectivity index (χ1v) is 12.3. The van der Waals surface area contributed by atoms with Gasteiger partial charge in [-0.15, -0.1) is 0 Å². The van der Waals surface area contributed by atoms with Gasteiger partial charge in [-0.05, 0) is 41.3 Å². The van der Waals surface area contributed by atoms with Crippen LogP contribution in [0.5, 0.6) is 5.75 Å². The first kappa shape index (κ1) is 24.5. The van der Waals surface area contributed by atoms with Crippen LogP contribution in [0.4, 0.5) is 0 Å². The highest BCUT2D eigenvalue weighted by molar-refractivity contribution is 7.89. The fourth-order valence-corrected chi connectivity index (χ4v) is 4.89. The molecular weight excluding hydrogens is 452 g/mol. The predicted octanol–water partition coefficient (Wildman–Crippen LogP) is 3.47. The molecule has 1 fully saturated rings. The van der Waals surface area contributed by atoms with Crippen LogP contribution >= 0.6 is 11.6 Å². The normalized spacial score (nSPS) is 15.4. The molecule has 9 heteroatoms. The van der Waals surface area contributed by atoms with Gasteiger partial charge in [-0.3, -0.25) is 4.79 Å². The van der Waals surface area contributed by atoms with Crippen molar-refractivity contribution in [2.24, 2.45) is 0 Å². The number of hydrogen-bond acceptors (Lipinski definition) is 5. The molecule has 3 rings (SSSR count). The van der Waals surface area contributed by atoms with Crippen molar-refractivity contribution < 1.29 is 22.7 Å². The first-order valence-electron chi connectivity index (χ1n) is 10.5. The molecule has 32 heavy (non-hydrogen) atoms. The highest BCUT2D eigenvalue weighted by Gasteiger charge is 2.27. The molecule has 1 N–H and O–H groups in total. The van der Waals surface area contributed by atoms with E-state index in [0.717, 1.165) is 0 Å². The molecule has 2 aromatic rings. The smallest absolute Gasteiger partial charge is 0.252 e. The van der Waals surface area contributed by atoms with E-state index >= 15 is 0 Å². The summed E-state index contributed by atoms with van der Waals surface area (Å²) in [5, 5.41) is 2.91. The lowest BCUT2D eigenvalue weighted by Gasteiger charge is -2.26. The first-order chi connectivity index (χ1) is 15.1. The highest BCUT2D eigenvalue weighted by atomic mass is 35.5. The molecule has 0 radical (unpaired) electrons. The number of halogens is 1. The molecule has 174 valence electrons. The van der Waals surface area contributed by atoms with Crippen LogP contribution in [0.1, 0.15) is 36.7 Å². The molecule has 0 atom stereocenters. The van der Waals surface area contributed by atoms with Crippen molar-refractivity contribution in [2.45, 2.75) is 31.1 Å². The third-order valence-corrected chi connectivity index (χ3v) is 7.39. The Morgan fingerprint density at radius 3 is 2.41 bits per heavy atom. The van der Waals surface area contributed by atoms with Gasteiger partial charge in [0.15, 0.2) is 0 Å². The van der Waals surface area contributed by atoms with Gasteiger partial charge in [-0.25, -0.2) is 8.42 Å². The lowest BCUT2D eigenvalue weighted by atomic mass is 9.87. The topological polar surface area (TPSA) is 84.9 Å². The summed E-state index contributed by atoms with van der Waals surface area (Å²) in [7, 11) is -3.72. The SMILES string of the molecule is CC(C)(C)c1ccc(OCCNC(=O)c2cc(S(=O)(=O)N3CCOCC3)ccc2Cl)cc1. The Balaban J connectivity index is 1.58. The molecule has 2 aromatic carbocycles. The van der Waals surface area contributed by atoms with Crippen molar-refractivity contribution in [2.75, 3.05) is 39.5 Å². The predicted molar refractivity (Wildman–Crippen MR) is 124 cm³/mol. The summed E-state index contributed by atoms with van der Waals surface area (Å²) in [6.45, 7) is 8.19. The average molecular weight is 481 g/mol. The maximum Gasteiger partial charge on any atom is 0.252 e. The second-order valence-corrected chi connectivity index (χ2v) is 10.9. The summed E-state index contributed by atoms with van der Waals surface area (Å²) >= 11 is 6.17. The third-order valence-electron chi connectivity index (χ3n) is 5.17. The fourth-order valence-electron chi connectivity index (χ4n) is 3.25. The van der Waals surface area contributed by atoms with Crippen LogP contribution in [0.25, 0.3) is 0 Å². The summed E-state index contributed by atoms with van der Waals surface area (Å²) in [5.74, 6) is 0.254. The molecule has 1 aliphatic rings. The van der Waals surface area contributed by atoms with Crippen LogP contribution in [0.15, 0.2) is 47.4 Å². The lowest BCUT2D eigenvalue weighted by Crippen LogP contribution is -2.40. The van der Waals surface area contributed by atoms with Crippen molar-refractivity contribution in [3.05, 3.63) is 58.6 Å². The molecule has 1 amide bonds. The number of carbonyl (C=O) groups is 1. The summed E-state index contributed by atoms with van der Waals surface area (Å²) in [6, 6.07) is 12.0. The van der Waals surface area contributed by atoms with Gasteiger partial charge in [0.1, 0.15) is 12.4 Å². The van der Waals surface area contributed by atoms with Crippen LogP contribution in [0.2, 0.25) is 5.02 Å². The zero-order chi connectivity index (χ0) is 23.4. The van der Waals surface area contributed by atoms with Gasteiger partial charge in [-0.2, -0.15) is 4.31 Å². The van der Waals surface area contributed by atoms with Crippen molar-refractivity contribution in [1.29, 1.82) is 0 Å². The second-order valence-electron chi connectivity index (χ2n) is 8.54. The minimum Gasteiger partial charge on any atom is -0.492 e. The quantitative estimate of drug-likeness (QED) is 0.613. The fraction of sp³-hybridized carbons (Fsp3) is 0.435. The molecule has 1 aliphatic heterocycles. The van der Waals surface area contributed by atoms with Crippen LogP contribution in [0.3, 0.4) is 0 Å². The van der Waals surface area contributed by atoms with Gasteiger partial charge in [0, 0.05) is 13.1 Å². The van der Waals surface area contributed by atoms with E-state index in [1.807, 2.05) is 24.3 Å². The van der Waals surface area contributed by atoms with E-state index in [0.29, 0.717) is 19.0 Å². The molecule has 1 saturated heterocycles.